The van der Waals surface area contributed by atoms with E-state index in [-0.39, 0.29) is 5.43 Å². The minimum Gasteiger partial charge on any atom is -0.340 e. The molecule has 0 saturated heterocycles. The fraction of sp³-hybridized carbons (Fsp3) is 0.118. The van der Waals surface area contributed by atoms with Gasteiger partial charge in [-0.3, -0.25) is 4.79 Å². The largest absolute Gasteiger partial charge is 0.340 e. The van der Waals surface area contributed by atoms with Crippen molar-refractivity contribution in [1.29, 1.82) is 0 Å². The minimum atomic E-state index is 0.114. The first-order valence-corrected chi connectivity index (χ1v) is 6.56. The van der Waals surface area contributed by atoms with Crippen LogP contribution < -0.4 is 15.2 Å². The fourth-order valence-electron chi connectivity index (χ4n) is 2.34. The molecule has 3 aromatic carbocycles. The molecule has 0 N–H and O–H groups in total. The Morgan fingerprint density at radius 3 is 1.35 bits per heavy atom. The van der Waals surface area contributed by atoms with E-state index in [1.807, 2.05) is 84.6 Å². The molecule has 0 saturated carbocycles. The molecule has 0 fully saturated rings. The van der Waals surface area contributed by atoms with Crippen LogP contribution in [0, 0.1) is 0 Å². The number of hydrogen-bond acceptors (Lipinski definition) is 3. The molecule has 20 heavy (non-hydrogen) atoms. The van der Waals surface area contributed by atoms with Crippen LogP contribution in [0.25, 0.3) is 0 Å². The van der Waals surface area contributed by atoms with Crippen LogP contribution in [0.15, 0.2) is 65.5 Å². The summed E-state index contributed by atoms with van der Waals surface area (Å²) in [5.74, 6) is 0. The second-order valence-corrected chi connectivity index (χ2v) is 4.82. The second kappa shape index (κ2) is 4.85. The van der Waals surface area contributed by atoms with Crippen molar-refractivity contribution >= 4 is 22.7 Å². The van der Waals surface area contributed by atoms with Crippen LogP contribution in [0.4, 0.5) is 22.7 Å². The van der Waals surface area contributed by atoms with Gasteiger partial charge in [-0.15, -0.1) is 0 Å². The molecule has 3 rings (SSSR count). The van der Waals surface area contributed by atoms with E-state index in [2.05, 4.69) is 0 Å². The summed E-state index contributed by atoms with van der Waals surface area (Å²) in [5, 5.41) is 0. The summed E-state index contributed by atoms with van der Waals surface area (Å²) >= 11 is 0. The van der Waals surface area contributed by atoms with Gasteiger partial charge in [-0.05, 0) is 24.3 Å². The van der Waals surface area contributed by atoms with Gasteiger partial charge in [0.1, 0.15) is 11.4 Å². The summed E-state index contributed by atoms with van der Waals surface area (Å²) in [6.07, 6.45) is 0. The van der Waals surface area contributed by atoms with E-state index in [9.17, 15) is 4.79 Å². The molecule has 0 aliphatic carbocycles. The summed E-state index contributed by atoms with van der Waals surface area (Å²) < 4.78 is 0. The van der Waals surface area contributed by atoms with Gasteiger partial charge >= 0.3 is 0 Å². The lowest BCUT2D eigenvalue weighted by atomic mass is 10.3. The van der Waals surface area contributed by atoms with E-state index >= 15 is 0 Å². The summed E-state index contributed by atoms with van der Waals surface area (Å²) in [5.41, 5.74) is 3.69. The Kier molecular flexibility index (Phi) is 3.03. The van der Waals surface area contributed by atoms with Crippen LogP contribution in [-0.2, 0) is 0 Å². The van der Waals surface area contributed by atoms with Crippen molar-refractivity contribution < 1.29 is 0 Å². The van der Waals surface area contributed by atoms with Gasteiger partial charge in [0.05, 0.1) is 0 Å². The highest BCUT2D eigenvalue weighted by molar-refractivity contribution is 5.91. The number of rotatable bonds is 4. The molecule has 0 spiro atoms. The third-order valence-electron chi connectivity index (χ3n) is 3.55. The molecule has 0 aromatic heterocycles. The Hall–Kier alpha value is -2.55. The molecule has 0 aliphatic heterocycles. The van der Waals surface area contributed by atoms with Crippen LogP contribution in [0.3, 0.4) is 0 Å². The molecule has 0 amide bonds. The zero-order valence-corrected chi connectivity index (χ0v) is 11.6. The number of anilines is 4. The fourth-order valence-corrected chi connectivity index (χ4v) is 2.34. The van der Waals surface area contributed by atoms with Crippen molar-refractivity contribution in [2.75, 3.05) is 23.9 Å². The monoisotopic (exact) mass is 264 g/mol. The Labute approximate surface area is 118 Å². The van der Waals surface area contributed by atoms with Crippen LogP contribution in [0.2, 0.25) is 0 Å². The second-order valence-electron chi connectivity index (χ2n) is 4.82. The smallest absolute Gasteiger partial charge is 0.230 e. The predicted octanol–water partition coefficient (Wildman–Crippen LogP) is 3.46. The van der Waals surface area contributed by atoms with Crippen LogP contribution in [0.5, 0.6) is 0 Å². The van der Waals surface area contributed by atoms with Crippen LogP contribution in [0.1, 0.15) is 0 Å². The lowest BCUT2D eigenvalue weighted by Gasteiger charge is -2.17. The highest BCUT2D eigenvalue weighted by Gasteiger charge is 2.30. The number of para-hydroxylation sites is 2. The Balaban J connectivity index is 1.88. The van der Waals surface area contributed by atoms with E-state index in [1.54, 1.807) is 0 Å². The third kappa shape index (κ3) is 2.07. The van der Waals surface area contributed by atoms with E-state index in [0.29, 0.717) is 0 Å². The molecule has 0 heterocycles. The first kappa shape index (κ1) is 12.5. The normalized spacial score (nSPS) is 10.7. The molecule has 3 heteroatoms. The first-order valence-electron chi connectivity index (χ1n) is 6.56. The van der Waals surface area contributed by atoms with Gasteiger partial charge in [0.15, 0.2) is 0 Å². The zero-order valence-electron chi connectivity index (χ0n) is 11.6. The first-order chi connectivity index (χ1) is 9.70. The Morgan fingerprint density at radius 1 is 0.650 bits per heavy atom. The number of benzene rings is 2. The van der Waals surface area contributed by atoms with Crippen molar-refractivity contribution in [3.8, 4) is 0 Å². The van der Waals surface area contributed by atoms with Crippen molar-refractivity contribution in [3.05, 3.63) is 70.9 Å². The molecule has 0 unspecified atom stereocenters. The van der Waals surface area contributed by atoms with Crippen molar-refractivity contribution in [1.82, 2.24) is 0 Å². The molecule has 0 bridgehead atoms. The maximum atomic E-state index is 12.1. The van der Waals surface area contributed by atoms with Gasteiger partial charge in [0.2, 0.25) is 5.43 Å². The predicted molar refractivity (Wildman–Crippen MR) is 84.1 cm³/mol. The minimum absolute atomic E-state index is 0.114. The third-order valence-corrected chi connectivity index (χ3v) is 3.55. The highest BCUT2D eigenvalue weighted by atomic mass is 16.1. The van der Waals surface area contributed by atoms with E-state index in [4.69, 9.17) is 0 Å². The van der Waals surface area contributed by atoms with Crippen molar-refractivity contribution in [2.45, 2.75) is 0 Å². The Morgan fingerprint density at radius 2 is 1.00 bits per heavy atom. The molecule has 0 atom stereocenters. The van der Waals surface area contributed by atoms with Crippen LogP contribution in [-0.4, -0.2) is 14.1 Å². The summed E-state index contributed by atoms with van der Waals surface area (Å²) in [7, 11) is 3.85. The average Bonchev–Trinajstić information content (AvgIpc) is 3.18. The van der Waals surface area contributed by atoms with Gasteiger partial charge < -0.3 is 9.80 Å². The highest BCUT2D eigenvalue weighted by Crippen LogP contribution is 2.38. The molecule has 0 aliphatic rings. The lowest BCUT2D eigenvalue weighted by molar-refractivity contribution is 1.21. The summed E-state index contributed by atoms with van der Waals surface area (Å²) in [4.78, 5) is 16.0. The van der Waals surface area contributed by atoms with Gasteiger partial charge in [-0.2, -0.15) is 0 Å². The van der Waals surface area contributed by atoms with Crippen molar-refractivity contribution in [2.24, 2.45) is 0 Å². The average molecular weight is 264 g/mol. The SMILES string of the molecule is CN(c1ccccc1)c1c(N(C)c2ccccc2)c1=O. The molecule has 3 nitrogen and oxygen atoms in total. The Bertz CT molecular complexity index is 651. The van der Waals surface area contributed by atoms with Gasteiger partial charge in [0.25, 0.3) is 0 Å². The van der Waals surface area contributed by atoms with Gasteiger partial charge in [-0.25, -0.2) is 0 Å². The quantitative estimate of drug-likeness (QED) is 0.721. The van der Waals surface area contributed by atoms with Crippen molar-refractivity contribution in [3.63, 3.8) is 0 Å². The molecule has 100 valence electrons. The lowest BCUT2D eigenvalue weighted by Crippen LogP contribution is -2.09. The summed E-state index contributed by atoms with van der Waals surface area (Å²) in [6.45, 7) is 0. The maximum absolute atomic E-state index is 12.1. The van der Waals surface area contributed by atoms with E-state index < -0.39 is 0 Å². The number of hydrogen-bond donors (Lipinski definition) is 0. The molecule has 0 radical (unpaired) electrons. The van der Waals surface area contributed by atoms with Gasteiger partial charge in [-0.1, -0.05) is 36.4 Å². The van der Waals surface area contributed by atoms with Crippen LogP contribution >= 0.6 is 0 Å². The topological polar surface area (TPSA) is 23.6 Å². The zero-order chi connectivity index (χ0) is 14.1. The summed E-state index contributed by atoms with van der Waals surface area (Å²) in [6, 6.07) is 19.8. The molecule has 3 aromatic rings. The molecular formula is C17H16N2O. The van der Waals surface area contributed by atoms with E-state index in [0.717, 1.165) is 22.7 Å². The number of nitrogens with zero attached hydrogens (tertiary/aromatic N) is 2. The molecular weight excluding hydrogens is 248 g/mol. The maximum Gasteiger partial charge on any atom is 0.230 e. The standard InChI is InChI=1S/C17H16N2O/c1-18(13-9-5-3-6-10-13)15-16(17(15)20)19(2)14-11-7-4-8-12-14/h3-12H,1-2H3. The van der Waals surface area contributed by atoms with E-state index in [1.165, 1.54) is 0 Å². The van der Waals surface area contributed by atoms with Gasteiger partial charge in [0, 0.05) is 25.5 Å².